The number of carbonyl (C=O) groups is 2. The number of hydrogen-bond donors (Lipinski definition) is 1. The second kappa shape index (κ2) is 16.5. The minimum atomic E-state index is -3.77. The number of aliphatic hydroxyl groups is 1. The molecule has 1 fully saturated rings. The number of rotatable bonds is 17. The average molecular weight is 538 g/mol. The fraction of sp³-hybridized carbons (Fsp3) is 0.643. The predicted octanol–water partition coefficient (Wildman–Crippen LogP) is 6.02. The number of hydrogen-bond acceptors (Lipinski definition) is 7. The third-order valence-corrected chi connectivity index (χ3v) is 8.09. The van der Waals surface area contributed by atoms with Gasteiger partial charge in [0.25, 0.3) is 0 Å². The van der Waals surface area contributed by atoms with Gasteiger partial charge in [0, 0.05) is 18.9 Å². The van der Waals surface area contributed by atoms with E-state index in [2.05, 4.69) is 6.92 Å². The molecular formula is C28H43NO7S. The molecule has 0 spiro atoms. The van der Waals surface area contributed by atoms with Crippen LogP contribution in [0.15, 0.2) is 30.5 Å². The molecule has 2 rings (SSSR count). The highest BCUT2D eigenvalue weighted by molar-refractivity contribution is 7.93. The first-order valence-corrected chi connectivity index (χ1v) is 15.3. The molecular weight excluding hydrogens is 494 g/mol. The molecule has 8 nitrogen and oxygen atoms in total. The van der Waals surface area contributed by atoms with Crippen molar-refractivity contribution in [3.05, 3.63) is 30.5 Å². The second-order valence-corrected chi connectivity index (χ2v) is 11.5. The van der Waals surface area contributed by atoms with E-state index < -0.39 is 21.9 Å². The van der Waals surface area contributed by atoms with E-state index in [1.165, 1.54) is 56.6 Å². The molecule has 9 heteroatoms. The van der Waals surface area contributed by atoms with E-state index in [0.29, 0.717) is 6.42 Å². The first kappa shape index (κ1) is 30.8. The van der Waals surface area contributed by atoms with Crippen LogP contribution in [0.2, 0.25) is 0 Å². The lowest BCUT2D eigenvalue weighted by Crippen LogP contribution is -2.42. The molecule has 1 N–H and O–H groups in total. The number of amides is 1. The van der Waals surface area contributed by atoms with Crippen molar-refractivity contribution < 1.29 is 32.6 Å². The number of benzene rings is 1. The molecule has 208 valence electrons. The summed E-state index contributed by atoms with van der Waals surface area (Å²) in [6.07, 6.45) is 15.3. The van der Waals surface area contributed by atoms with Gasteiger partial charge in [-0.1, -0.05) is 58.8 Å². The zero-order chi connectivity index (χ0) is 27.1. The Hall–Kier alpha value is -2.39. The molecule has 1 unspecified atom stereocenters. The Bertz CT molecular complexity index is 990. The van der Waals surface area contributed by atoms with E-state index in [1.807, 2.05) is 6.08 Å². The Labute approximate surface area is 222 Å². The summed E-state index contributed by atoms with van der Waals surface area (Å²) in [6, 6.07) is 4.31. The minimum Gasteiger partial charge on any atom is -0.461 e. The number of aliphatic hydroxyl groups excluding tert-OH is 1. The summed E-state index contributed by atoms with van der Waals surface area (Å²) in [5.41, 5.74) is 0.124. The fourth-order valence-corrected chi connectivity index (χ4v) is 5.72. The van der Waals surface area contributed by atoms with Crippen LogP contribution in [-0.2, 0) is 19.6 Å². The molecule has 1 atom stereocenters. The van der Waals surface area contributed by atoms with Gasteiger partial charge in [-0.15, -0.1) is 0 Å². The van der Waals surface area contributed by atoms with Crippen molar-refractivity contribution in [2.75, 3.05) is 10.1 Å². The lowest BCUT2D eigenvalue weighted by molar-refractivity contribution is -0.134. The largest absolute Gasteiger partial charge is 0.461 e. The summed E-state index contributed by atoms with van der Waals surface area (Å²) < 4.78 is 36.7. The predicted molar refractivity (Wildman–Crippen MR) is 145 cm³/mol. The van der Waals surface area contributed by atoms with Crippen molar-refractivity contribution in [1.82, 2.24) is 0 Å². The van der Waals surface area contributed by atoms with Crippen molar-refractivity contribution in [1.29, 1.82) is 0 Å². The van der Waals surface area contributed by atoms with E-state index in [1.54, 1.807) is 6.92 Å². The maximum Gasteiger partial charge on any atom is 0.311 e. The van der Waals surface area contributed by atoms with Crippen molar-refractivity contribution in [2.45, 2.75) is 110 Å². The lowest BCUT2D eigenvalue weighted by Gasteiger charge is -2.26. The molecule has 1 aromatic rings. The average Bonchev–Trinajstić information content (AvgIpc) is 2.85. The summed E-state index contributed by atoms with van der Waals surface area (Å²) in [5.74, 6) is -0.818. The van der Waals surface area contributed by atoms with E-state index in [0.717, 1.165) is 42.8 Å². The maximum atomic E-state index is 12.4. The molecule has 0 saturated carbocycles. The third-order valence-electron chi connectivity index (χ3n) is 6.31. The number of nitrogens with zero attached hydrogens (tertiary/aromatic N) is 1. The summed E-state index contributed by atoms with van der Waals surface area (Å²) >= 11 is 0. The van der Waals surface area contributed by atoms with Gasteiger partial charge in [0.1, 0.15) is 0 Å². The zero-order valence-electron chi connectivity index (χ0n) is 22.3. The van der Waals surface area contributed by atoms with Gasteiger partial charge < -0.3 is 14.6 Å². The second-order valence-electron chi connectivity index (χ2n) is 9.52. The van der Waals surface area contributed by atoms with Gasteiger partial charge >= 0.3 is 5.97 Å². The first-order chi connectivity index (χ1) is 17.8. The van der Waals surface area contributed by atoms with Crippen LogP contribution >= 0.6 is 0 Å². The van der Waals surface area contributed by atoms with E-state index in [-0.39, 0.29) is 41.9 Å². The number of sulfonamides is 1. The van der Waals surface area contributed by atoms with E-state index in [9.17, 15) is 23.1 Å². The monoisotopic (exact) mass is 537 g/mol. The standard InChI is InChI=1S/C28H43NO7S/c1-3-5-6-7-8-11-15-24(30)16-12-9-10-13-20-35-25-19-18-23(22-26(25)36-28(32)4-2)29-27(31)17-14-21-37(29,33)34/h13,18-20,22,24,30H,3-12,14-17,21H2,1-2H3. The van der Waals surface area contributed by atoms with Crippen molar-refractivity contribution in [2.24, 2.45) is 0 Å². The maximum absolute atomic E-state index is 12.4. The topological polar surface area (TPSA) is 110 Å². The van der Waals surface area contributed by atoms with Crippen LogP contribution in [-0.4, -0.2) is 37.3 Å². The highest BCUT2D eigenvalue weighted by atomic mass is 32.2. The molecule has 1 aliphatic heterocycles. The molecule has 0 aliphatic carbocycles. The Morgan fingerprint density at radius 3 is 2.46 bits per heavy atom. The highest BCUT2D eigenvalue weighted by Gasteiger charge is 2.33. The number of unbranched alkanes of at least 4 members (excludes halogenated alkanes) is 7. The van der Waals surface area contributed by atoms with Gasteiger partial charge in [0.2, 0.25) is 15.9 Å². The SMILES string of the molecule is CCCCCCCCC(O)CCCCC=COc1ccc(N2C(=O)CCCS2(=O)=O)cc1OC(=O)CC. The van der Waals surface area contributed by atoms with Gasteiger partial charge in [0.15, 0.2) is 11.5 Å². The van der Waals surface area contributed by atoms with Crippen LogP contribution in [0.4, 0.5) is 5.69 Å². The van der Waals surface area contributed by atoms with Crippen molar-refractivity contribution in [3.8, 4) is 11.5 Å². The molecule has 1 aliphatic rings. The summed E-state index contributed by atoms with van der Waals surface area (Å²) in [7, 11) is -3.77. The summed E-state index contributed by atoms with van der Waals surface area (Å²) in [4.78, 5) is 24.2. The van der Waals surface area contributed by atoms with E-state index in [4.69, 9.17) is 9.47 Å². The number of carbonyl (C=O) groups excluding carboxylic acids is 2. The fourth-order valence-electron chi connectivity index (χ4n) is 4.19. The number of anilines is 1. The van der Waals surface area contributed by atoms with Crippen molar-refractivity contribution in [3.63, 3.8) is 0 Å². The zero-order valence-corrected chi connectivity index (χ0v) is 23.1. The van der Waals surface area contributed by atoms with E-state index >= 15 is 0 Å². The molecule has 1 saturated heterocycles. The molecule has 0 bridgehead atoms. The Morgan fingerprint density at radius 2 is 1.76 bits per heavy atom. The molecule has 1 amide bonds. The van der Waals surface area contributed by atoms with Crippen molar-refractivity contribution >= 4 is 27.6 Å². The van der Waals surface area contributed by atoms with Gasteiger partial charge in [-0.05, 0) is 50.3 Å². The highest BCUT2D eigenvalue weighted by Crippen LogP contribution is 2.35. The number of ether oxygens (including phenoxy) is 2. The first-order valence-electron chi connectivity index (χ1n) is 13.7. The Balaban J connectivity index is 1.85. The Morgan fingerprint density at radius 1 is 1.05 bits per heavy atom. The van der Waals surface area contributed by atoms with Gasteiger partial charge in [-0.25, -0.2) is 12.7 Å². The van der Waals surface area contributed by atoms with Crippen LogP contribution in [0.1, 0.15) is 104 Å². The Kier molecular flexibility index (Phi) is 13.7. The summed E-state index contributed by atoms with van der Waals surface area (Å²) in [5, 5.41) is 10.1. The smallest absolute Gasteiger partial charge is 0.311 e. The van der Waals surface area contributed by atoms with Gasteiger partial charge in [-0.2, -0.15) is 0 Å². The van der Waals surface area contributed by atoms with Crippen LogP contribution in [0, 0.1) is 0 Å². The third kappa shape index (κ3) is 10.9. The van der Waals surface area contributed by atoms with Crippen LogP contribution < -0.4 is 13.8 Å². The summed E-state index contributed by atoms with van der Waals surface area (Å²) in [6.45, 7) is 3.86. The quantitative estimate of drug-likeness (QED) is 0.112. The lowest BCUT2D eigenvalue weighted by atomic mass is 10.0. The van der Waals surface area contributed by atoms with Crippen LogP contribution in [0.5, 0.6) is 11.5 Å². The number of allylic oxidation sites excluding steroid dienone is 1. The molecule has 1 heterocycles. The van der Waals surface area contributed by atoms with Gasteiger partial charge in [-0.3, -0.25) is 9.59 Å². The number of esters is 1. The molecule has 1 aromatic carbocycles. The normalized spacial score (nSPS) is 16.2. The molecule has 37 heavy (non-hydrogen) atoms. The van der Waals surface area contributed by atoms with Gasteiger partial charge in [0.05, 0.1) is 23.8 Å². The van der Waals surface area contributed by atoms with Crippen LogP contribution in [0.25, 0.3) is 0 Å². The molecule has 0 radical (unpaired) electrons. The van der Waals surface area contributed by atoms with Crippen LogP contribution in [0.3, 0.4) is 0 Å². The minimum absolute atomic E-state index is 0.0559. The molecule has 0 aromatic heterocycles.